The second kappa shape index (κ2) is 8.43. The topological polar surface area (TPSA) is 61.4 Å². The second-order valence-corrected chi connectivity index (χ2v) is 5.57. The lowest BCUT2D eigenvalue weighted by Gasteiger charge is -2.30. The average molecular weight is 287 g/mol. The molecule has 1 aliphatic rings. The third-order valence-electron chi connectivity index (χ3n) is 3.25. The van der Waals surface area contributed by atoms with Crippen LogP contribution in [0.25, 0.3) is 0 Å². The molecule has 2 unspecified atom stereocenters. The summed E-state index contributed by atoms with van der Waals surface area (Å²) >= 11 is 4.10. The third-order valence-corrected chi connectivity index (χ3v) is 3.61. The van der Waals surface area contributed by atoms with Crippen LogP contribution in [0.15, 0.2) is 0 Å². The molecule has 1 saturated heterocycles. The van der Waals surface area contributed by atoms with Gasteiger partial charge in [-0.3, -0.25) is 9.59 Å². The molecule has 5 nitrogen and oxygen atoms in total. The van der Waals surface area contributed by atoms with Crippen molar-refractivity contribution in [2.75, 3.05) is 25.4 Å². The van der Waals surface area contributed by atoms with Crippen LogP contribution in [0.3, 0.4) is 0 Å². The fraction of sp³-hybridized carbons (Fsp3) is 0.846. The van der Waals surface area contributed by atoms with E-state index in [1.54, 1.807) is 0 Å². The number of nitrogens with zero attached hydrogens (tertiary/aromatic N) is 1. The molecule has 1 aliphatic heterocycles. The molecule has 0 aromatic carbocycles. The van der Waals surface area contributed by atoms with Crippen molar-refractivity contribution in [2.45, 2.75) is 45.2 Å². The first-order valence-corrected chi connectivity index (χ1v) is 7.57. The lowest BCUT2D eigenvalue weighted by molar-refractivity contribution is -0.128. The van der Waals surface area contributed by atoms with Crippen LogP contribution in [0.5, 0.6) is 0 Å². The van der Waals surface area contributed by atoms with Gasteiger partial charge in [-0.1, -0.05) is 6.42 Å². The van der Waals surface area contributed by atoms with Gasteiger partial charge in [-0.25, -0.2) is 0 Å². The van der Waals surface area contributed by atoms with E-state index < -0.39 is 6.04 Å². The van der Waals surface area contributed by atoms with Crippen LogP contribution in [-0.2, 0) is 9.59 Å². The maximum absolute atomic E-state index is 12.0. The molecule has 2 amide bonds. The summed E-state index contributed by atoms with van der Waals surface area (Å²) in [5.74, 6) is -0.0606. The first-order valence-electron chi connectivity index (χ1n) is 6.93. The van der Waals surface area contributed by atoms with Gasteiger partial charge >= 0.3 is 0 Å². The summed E-state index contributed by atoms with van der Waals surface area (Å²) in [4.78, 5) is 25.3. The van der Waals surface area contributed by atoms with Crippen molar-refractivity contribution in [1.82, 2.24) is 15.5 Å². The third kappa shape index (κ3) is 6.29. The number of rotatable bonds is 6. The lowest BCUT2D eigenvalue weighted by atomic mass is 10.1. The number of hydrogen-bond donors (Lipinski definition) is 3. The molecule has 0 aliphatic carbocycles. The number of thiol groups is 1. The maximum atomic E-state index is 12.0. The molecule has 2 N–H and O–H groups in total. The van der Waals surface area contributed by atoms with Crippen molar-refractivity contribution < 1.29 is 9.59 Å². The normalized spacial score (nSPS) is 19.5. The van der Waals surface area contributed by atoms with Gasteiger partial charge in [0.25, 0.3) is 0 Å². The number of likely N-dealkylation sites (tertiary alicyclic amines) is 1. The molecule has 110 valence electrons. The first kappa shape index (κ1) is 16.3. The highest BCUT2D eigenvalue weighted by atomic mass is 32.1. The highest BCUT2D eigenvalue weighted by molar-refractivity contribution is 7.80. The Hall–Kier alpha value is -0.750. The fourth-order valence-electron chi connectivity index (χ4n) is 2.36. The molecule has 1 heterocycles. The van der Waals surface area contributed by atoms with Crippen molar-refractivity contribution in [2.24, 2.45) is 0 Å². The van der Waals surface area contributed by atoms with Gasteiger partial charge in [-0.15, -0.1) is 0 Å². The minimum Gasteiger partial charge on any atom is -0.351 e. The molecule has 1 fully saturated rings. The van der Waals surface area contributed by atoms with Crippen molar-refractivity contribution in [1.29, 1.82) is 0 Å². The molecule has 6 heteroatoms. The van der Waals surface area contributed by atoms with Crippen LogP contribution in [0.1, 0.15) is 33.1 Å². The molecule has 1 rings (SSSR count). The van der Waals surface area contributed by atoms with Crippen LogP contribution in [0.4, 0.5) is 0 Å². The predicted molar refractivity (Wildman–Crippen MR) is 79.4 cm³/mol. The summed E-state index contributed by atoms with van der Waals surface area (Å²) in [5, 5.41) is 5.54. The highest BCUT2D eigenvalue weighted by Gasteiger charge is 2.20. The molecule has 0 saturated carbocycles. The Morgan fingerprint density at radius 3 is 2.37 bits per heavy atom. The Bertz CT molecular complexity index is 306. The molecule has 0 radical (unpaired) electrons. The monoisotopic (exact) mass is 287 g/mol. The van der Waals surface area contributed by atoms with Crippen LogP contribution in [0.2, 0.25) is 0 Å². The van der Waals surface area contributed by atoms with Crippen LogP contribution < -0.4 is 10.6 Å². The van der Waals surface area contributed by atoms with E-state index in [9.17, 15) is 9.59 Å². The Labute approximate surface area is 120 Å². The van der Waals surface area contributed by atoms with Gasteiger partial charge in [0.1, 0.15) is 6.04 Å². The quantitative estimate of drug-likeness (QED) is 0.620. The molecule has 0 bridgehead atoms. The van der Waals surface area contributed by atoms with Gasteiger partial charge in [-0.2, -0.15) is 12.6 Å². The molecular weight excluding hydrogens is 262 g/mol. The minimum absolute atomic E-state index is 0.0849. The fourth-order valence-corrected chi connectivity index (χ4v) is 2.61. The predicted octanol–water partition coefficient (Wildman–Crippen LogP) is 0.411. The summed E-state index contributed by atoms with van der Waals surface area (Å²) in [6.45, 7) is 6.49. The SMILES string of the molecule is CC(=O)NC(CS)C(=O)NC(C)CN1CCCCC1. The van der Waals surface area contributed by atoms with E-state index in [0.717, 1.165) is 19.6 Å². The average Bonchev–Trinajstić information content (AvgIpc) is 2.36. The smallest absolute Gasteiger partial charge is 0.243 e. The molecular formula is C13H25N3O2S. The van der Waals surface area contributed by atoms with Gasteiger partial charge in [-0.05, 0) is 32.9 Å². The molecule has 0 aromatic heterocycles. The van der Waals surface area contributed by atoms with Crippen molar-refractivity contribution in [3.63, 3.8) is 0 Å². The van der Waals surface area contributed by atoms with Crippen LogP contribution >= 0.6 is 12.6 Å². The Kier molecular flexibility index (Phi) is 7.23. The van der Waals surface area contributed by atoms with Crippen molar-refractivity contribution in [3.8, 4) is 0 Å². The number of carbonyl (C=O) groups is 2. The summed E-state index contributed by atoms with van der Waals surface area (Å²) in [6.07, 6.45) is 3.79. The highest BCUT2D eigenvalue weighted by Crippen LogP contribution is 2.08. The van der Waals surface area contributed by atoms with Gasteiger partial charge in [0.15, 0.2) is 0 Å². The second-order valence-electron chi connectivity index (χ2n) is 5.21. The van der Waals surface area contributed by atoms with E-state index in [0.29, 0.717) is 5.75 Å². The van der Waals surface area contributed by atoms with E-state index >= 15 is 0 Å². The van der Waals surface area contributed by atoms with Crippen LogP contribution in [0, 0.1) is 0 Å². The van der Waals surface area contributed by atoms with E-state index in [4.69, 9.17) is 0 Å². The number of nitrogens with one attached hydrogen (secondary N) is 2. The first-order chi connectivity index (χ1) is 9.02. The van der Waals surface area contributed by atoms with Gasteiger partial charge in [0, 0.05) is 25.3 Å². The Balaban J connectivity index is 2.34. The summed E-state index contributed by atoms with van der Waals surface area (Å²) in [5.41, 5.74) is 0. The zero-order valence-electron chi connectivity index (χ0n) is 11.8. The van der Waals surface area contributed by atoms with E-state index in [-0.39, 0.29) is 17.9 Å². The summed E-state index contributed by atoms with van der Waals surface area (Å²) < 4.78 is 0. The number of amides is 2. The standard InChI is InChI=1S/C13H25N3O2S/c1-10(8-16-6-4-3-5-7-16)14-13(18)12(9-19)15-11(2)17/h10,12,19H,3-9H2,1-2H3,(H,14,18)(H,15,17). The zero-order valence-corrected chi connectivity index (χ0v) is 12.7. The number of carbonyl (C=O) groups excluding carboxylic acids is 2. The van der Waals surface area contributed by atoms with Crippen molar-refractivity contribution >= 4 is 24.4 Å². The van der Waals surface area contributed by atoms with Gasteiger partial charge < -0.3 is 15.5 Å². The van der Waals surface area contributed by atoms with E-state index in [2.05, 4.69) is 28.2 Å². The van der Waals surface area contributed by atoms with Gasteiger partial charge in [0.05, 0.1) is 0 Å². The molecule has 0 spiro atoms. The Morgan fingerprint density at radius 1 is 1.21 bits per heavy atom. The molecule has 19 heavy (non-hydrogen) atoms. The van der Waals surface area contributed by atoms with E-state index in [1.165, 1.54) is 26.2 Å². The van der Waals surface area contributed by atoms with Crippen LogP contribution in [-0.4, -0.2) is 54.2 Å². The minimum atomic E-state index is -0.551. The van der Waals surface area contributed by atoms with Crippen molar-refractivity contribution in [3.05, 3.63) is 0 Å². The molecule has 2 atom stereocenters. The summed E-state index contributed by atoms with van der Waals surface area (Å²) in [7, 11) is 0. The molecule has 0 aromatic rings. The summed E-state index contributed by atoms with van der Waals surface area (Å²) in [6, 6.07) is -0.466. The lowest BCUT2D eigenvalue weighted by Crippen LogP contribution is -2.52. The van der Waals surface area contributed by atoms with Gasteiger partial charge in [0.2, 0.25) is 11.8 Å². The van der Waals surface area contributed by atoms with E-state index in [1.807, 2.05) is 6.92 Å². The zero-order chi connectivity index (χ0) is 14.3. The Morgan fingerprint density at radius 2 is 1.84 bits per heavy atom. The maximum Gasteiger partial charge on any atom is 0.243 e. The largest absolute Gasteiger partial charge is 0.351 e. The number of hydrogen-bond acceptors (Lipinski definition) is 4. The number of piperidine rings is 1.